The Hall–Kier alpha value is -3.43. The Balaban J connectivity index is 1.46. The zero-order chi connectivity index (χ0) is 27.8. The Morgan fingerprint density at radius 1 is 1.08 bits per heavy atom. The topological polar surface area (TPSA) is 94.2 Å². The van der Waals surface area contributed by atoms with Crippen LogP contribution in [0.25, 0.3) is 0 Å². The van der Waals surface area contributed by atoms with E-state index >= 15 is 0 Å². The SMILES string of the molecule is CCC1(CC)C[C@H](NC(=O)[C@@H]2CN(S(=O)(=O)c3ccc(OC)cc3)c3cc(Cl)ccc3O2)c2ccccc2O1. The van der Waals surface area contributed by atoms with Crippen molar-refractivity contribution in [2.24, 2.45) is 0 Å². The lowest BCUT2D eigenvalue weighted by Gasteiger charge is -2.42. The van der Waals surface area contributed by atoms with E-state index in [-0.39, 0.29) is 28.9 Å². The number of amides is 1. The lowest BCUT2D eigenvalue weighted by molar-refractivity contribution is -0.129. The molecular formula is C29H31ClN2O6S. The summed E-state index contributed by atoms with van der Waals surface area (Å²) in [5.74, 6) is 1.12. The van der Waals surface area contributed by atoms with Gasteiger partial charge in [-0.25, -0.2) is 8.42 Å². The lowest BCUT2D eigenvalue weighted by atomic mass is 9.83. The van der Waals surface area contributed by atoms with Gasteiger partial charge in [0.05, 0.1) is 30.3 Å². The Bertz CT molecular complexity index is 1470. The van der Waals surface area contributed by atoms with Crippen LogP contribution in [0.1, 0.15) is 44.7 Å². The van der Waals surface area contributed by atoms with Gasteiger partial charge in [-0.3, -0.25) is 9.10 Å². The molecule has 0 aliphatic carbocycles. The molecule has 0 aromatic heterocycles. The number of benzene rings is 3. The molecule has 10 heteroatoms. The first kappa shape index (κ1) is 27.1. The molecule has 5 rings (SSSR count). The van der Waals surface area contributed by atoms with E-state index in [1.54, 1.807) is 24.3 Å². The third kappa shape index (κ3) is 5.13. The third-order valence-corrected chi connectivity index (χ3v) is 9.56. The summed E-state index contributed by atoms with van der Waals surface area (Å²) in [7, 11) is -2.54. The zero-order valence-corrected chi connectivity index (χ0v) is 23.6. The molecule has 0 spiro atoms. The molecule has 0 bridgehead atoms. The number of fused-ring (bicyclic) bond motifs is 2. The number of para-hydroxylation sites is 1. The van der Waals surface area contributed by atoms with Crippen molar-refractivity contribution in [2.75, 3.05) is 18.0 Å². The summed E-state index contributed by atoms with van der Waals surface area (Å²) in [6, 6.07) is 18.2. The molecule has 2 atom stereocenters. The van der Waals surface area contributed by atoms with Gasteiger partial charge >= 0.3 is 0 Å². The van der Waals surface area contributed by atoms with Crippen LogP contribution in [0.2, 0.25) is 5.02 Å². The highest BCUT2D eigenvalue weighted by Crippen LogP contribution is 2.43. The molecular weight excluding hydrogens is 540 g/mol. The first-order valence-corrected chi connectivity index (χ1v) is 14.7. The van der Waals surface area contributed by atoms with E-state index in [1.807, 2.05) is 24.3 Å². The normalized spacial score (nSPS) is 19.6. The number of nitrogens with zero attached hydrogens (tertiary/aromatic N) is 1. The summed E-state index contributed by atoms with van der Waals surface area (Å²) < 4.78 is 46.3. The molecule has 2 heterocycles. The van der Waals surface area contributed by atoms with Crippen LogP contribution in [0, 0.1) is 0 Å². The quantitative estimate of drug-likeness (QED) is 0.403. The molecule has 0 saturated carbocycles. The molecule has 3 aromatic carbocycles. The second kappa shape index (κ2) is 10.6. The van der Waals surface area contributed by atoms with Gasteiger partial charge in [0, 0.05) is 17.0 Å². The van der Waals surface area contributed by atoms with Gasteiger partial charge in [0.2, 0.25) is 0 Å². The number of hydrogen-bond acceptors (Lipinski definition) is 6. The summed E-state index contributed by atoms with van der Waals surface area (Å²) in [5.41, 5.74) is 0.746. The highest BCUT2D eigenvalue weighted by molar-refractivity contribution is 7.92. The number of carbonyl (C=O) groups is 1. The van der Waals surface area contributed by atoms with Crippen LogP contribution in [0.4, 0.5) is 5.69 Å². The lowest BCUT2D eigenvalue weighted by Crippen LogP contribution is -2.52. The summed E-state index contributed by atoms with van der Waals surface area (Å²) >= 11 is 6.22. The summed E-state index contributed by atoms with van der Waals surface area (Å²) in [6.45, 7) is 3.93. The van der Waals surface area contributed by atoms with E-state index < -0.39 is 27.6 Å². The van der Waals surface area contributed by atoms with E-state index in [9.17, 15) is 13.2 Å². The van der Waals surface area contributed by atoms with Crippen LogP contribution in [0.3, 0.4) is 0 Å². The second-order valence-corrected chi connectivity index (χ2v) is 12.0. The third-order valence-electron chi connectivity index (χ3n) is 7.53. The highest BCUT2D eigenvalue weighted by atomic mass is 35.5. The molecule has 3 aromatic rings. The van der Waals surface area contributed by atoms with Crippen molar-refractivity contribution in [2.45, 2.75) is 55.8 Å². The minimum absolute atomic E-state index is 0.0596. The van der Waals surface area contributed by atoms with Crippen LogP contribution in [-0.2, 0) is 14.8 Å². The molecule has 8 nitrogen and oxygen atoms in total. The Morgan fingerprint density at radius 2 is 1.79 bits per heavy atom. The monoisotopic (exact) mass is 570 g/mol. The van der Waals surface area contributed by atoms with Gasteiger partial charge in [-0.1, -0.05) is 43.6 Å². The minimum Gasteiger partial charge on any atom is -0.497 e. The minimum atomic E-state index is -4.05. The van der Waals surface area contributed by atoms with Gasteiger partial charge in [-0.15, -0.1) is 0 Å². The molecule has 206 valence electrons. The number of halogens is 1. The van der Waals surface area contributed by atoms with E-state index in [1.165, 1.54) is 29.6 Å². The van der Waals surface area contributed by atoms with Crippen LogP contribution in [0.15, 0.2) is 71.6 Å². The maximum Gasteiger partial charge on any atom is 0.264 e. The smallest absolute Gasteiger partial charge is 0.264 e. The van der Waals surface area contributed by atoms with Crippen LogP contribution in [-0.4, -0.2) is 39.7 Å². The zero-order valence-electron chi connectivity index (χ0n) is 22.0. The molecule has 0 fully saturated rings. The number of carbonyl (C=O) groups excluding carboxylic acids is 1. The van der Waals surface area contributed by atoms with Gasteiger partial charge in [0.1, 0.15) is 22.8 Å². The first-order valence-electron chi connectivity index (χ1n) is 12.9. The van der Waals surface area contributed by atoms with E-state index in [0.717, 1.165) is 24.2 Å². The molecule has 1 amide bonds. The van der Waals surface area contributed by atoms with E-state index in [0.29, 0.717) is 17.2 Å². The fourth-order valence-corrected chi connectivity index (χ4v) is 6.79. The van der Waals surface area contributed by atoms with Crippen molar-refractivity contribution in [1.82, 2.24) is 5.32 Å². The molecule has 0 saturated heterocycles. The van der Waals surface area contributed by atoms with Gasteiger partial charge in [-0.2, -0.15) is 0 Å². The number of sulfonamides is 1. The Kier molecular flexibility index (Phi) is 7.39. The highest BCUT2D eigenvalue weighted by Gasteiger charge is 2.42. The molecule has 2 aliphatic heterocycles. The van der Waals surface area contributed by atoms with Crippen molar-refractivity contribution < 1.29 is 27.4 Å². The van der Waals surface area contributed by atoms with Gasteiger partial charge in [-0.05, 0) is 61.4 Å². The van der Waals surface area contributed by atoms with Crippen molar-refractivity contribution in [3.05, 3.63) is 77.3 Å². The molecule has 0 unspecified atom stereocenters. The fraction of sp³-hybridized carbons (Fsp3) is 0.345. The van der Waals surface area contributed by atoms with Crippen molar-refractivity contribution in [3.63, 3.8) is 0 Å². The van der Waals surface area contributed by atoms with Gasteiger partial charge in [0.25, 0.3) is 15.9 Å². The van der Waals surface area contributed by atoms with E-state index in [4.69, 9.17) is 25.8 Å². The second-order valence-electron chi connectivity index (χ2n) is 9.73. The number of anilines is 1. The number of methoxy groups -OCH3 is 1. The molecule has 1 N–H and O–H groups in total. The molecule has 0 radical (unpaired) electrons. The maximum absolute atomic E-state index is 13.8. The predicted molar refractivity (Wildman–Crippen MR) is 149 cm³/mol. The van der Waals surface area contributed by atoms with Crippen molar-refractivity contribution in [1.29, 1.82) is 0 Å². The standard InChI is InChI=1S/C29H31ClN2O6S/c1-4-29(5-2)17-23(22-8-6-7-9-25(22)38-29)31-28(33)27-18-32(24-16-19(30)10-15-26(24)37-27)39(34,35)21-13-11-20(36-3)12-14-21/h6-16,23,27H,4-5,17-18H2,1-3H3,(H,31,33)/t23-,27-/m0/s1. The van der Waals surface area contributed by atoms with Crippen LogP contribution in [0.5, 0.6) is 17.2 Å². The molecule has 39 heavy (non-hydrogen) atoms. The van der Waals surface area contributed by atoms with Gasteiger partial charge < -0.3 is 19.5 Å². The Morgan fingerprint density at radius 3 is 2.49 bits per heavy atom. The van der Waals surface area contributed by atoms with Crippen LogP contribution >= 0.6 is 11.6 Å². The summed E-state index contributed by atoms with van der Waals surface area (Å²) in [4.78, 5) is 13.8. The largest absolute Gasteiger partial charge is 0.497 e. The van der Waals surface area contributed by atoms with Crippen molar-refractivity contribution >= 4 is 33.2 Å². The van der Waals surface area contributed by atoms with Crippen LogP contribution < -0.4 is 23.8 Å². The number of hydrogen-bond donors (Lipinski definition) is 1. The number of ether oxygens (including phenoxy) is 3. The number of rotatable bonds is 7. The average molecular weight is 571 g/mol. The predicted octanol–water partition coefficient (Wildman–Crippen LogP) is 5.50. The fourth-order valence-electron chi connectivity index (χ4n) is 5.16. The van der Waals surface area contributed by atoms with Gasteiger partial charge in [0.15, 0.2) is 6.10 Å². The summed E-state index contributed by atoms with van der Waals surface area (Å²) in [6.07, 6.45) is 1.08. The summed E-state index contributed by atoms with van der Waals surface area (Å²) in [5, 5.41) is 3.48. The van der Waals surface area contributed by atoms with E-state index in [2.05, 4.69) is 19.2 Å². The average Bonchev–Trinajstić information content (AvgIpc) is 2.96. The molecule has 2 aliphatic rings. The maximum atomic E-state index is 13.8. The number of nitrogens with one attached hydrogen (secondary N) is 1. The Labute approximate surface area is 233 Å². The first-order chi connectivity index (χ1) is 18.7. The van der Waals surface area contributed by atoms with Crippen molar-refractivity contribution in [3.8, 4) is 17.2 Å².